The maximum atomic E-state index is 9.73. The number of phenolic OH excluding ortho intramolecular Hbond substituents is 1. The number of hydrogen-bond acceptors (Lipinski definition) is 2. The van der Waals surface area contributed by atoms with Crippen molar-refractivity contribution >= 4 is 0 Å². The molecule has 0 fully saturated rings. The van der Waals surface area contributed by atoms with Gasteiger partial charge in [0, 0.05) is 18.2 Å². The van der Waals surface area contributed by atoms with Gasteiger partial charge in [-0.15, -0.1) is 0 Å². The highest BCUT2D eigenvalue weighted by molar-refractivity contribution is 5.31. The molecule has 0 amide bonds. The molecule has 0 aliphatic rings. The van der Waals surface area contributed by atoms with Crippen LogP contribution in [0, 0.1) is 0 Å². The number of nitrogens with one attached hydrogen (secondary N) is 1. The number of aromatic hydroxyl groups is 1. The molecule has 0 saturated carbocycles. The van der Waals surface area contributed by atoms with Crippen LogP contribution in [0.2, 0.25) is 0 Å². The van der Waals surface area contributed by atoms with Gasteiger partial charge in [0.05, 0.1) is 0 Å². The van der Waals surface area contributed by atoms with Crippen LogP contribution in [-0.2, 0) is 6.54 Å². The Kier molecular flexibility index (Phi) is 4.37. The van der Waals surface area contributed by atoms with Crippen LogP contribution >= 0.6 is 0 Å². The van der Waals surface area contributed by atoms with Crippen LogP contribution in [0.5, 0.6) is 5.75 Å². The molecule has 0 aromatic heterocycles. The molecule has 0 saturated heterocycles. The van der Waals surface area contributed by atoms with Crippen molar-refractivity contribution < 1.29 is 5.11 Å². The number of benzene rings is 2. The van der Waals surface area contributed by atoms with E-state index in [9.17, 15) is 5.11 Å². The van der Waals surface area contributed by atoms with E-state index in [1.54, 1.807) is 6.07 Å². The molecule has 0 aliphatic carbocycles. The molecule has 1 atom stereocenters. The minimum absolute atomic E-state index is 0.325. The highest BCUT2D eigenvalue weighted by Crippen LogP contribution is 2.19. The zero-order valence-corrected chi connectivity index (χ0v) is 10.6. The second-order valence-electron chi connectivity index (χ2n) is 4.38. The SMILES string of the molecule is CC[C@@H](NCc1ccccc1O)c1ccccc1. The Morgan fingerprint density at radius 1 is 1.00 bits per heavy atom. The Morgan fingerprint density at radius 3 is 2.33 bits per heavy atom. The number of phenols is 1. The monoisotopic (exact) mass is 241 g/mol. The summed E-state index contributed by atoms with van der Waals surface area (Å²) in [5, 5.41) is 13.2. The highest BCUT2D eigenvalue weighted by Gasteiger charge is 2.08. The average Bonchev–Trinajstić information content (AvgIpc) is 2.42. The zero-order valence-electron chi connectivity index (χ0n) is 10.6. The maximum Gasteiger partial charge on any atom is 0.120 e. The molecule has 0 bridgehead atoms. The summed E-state index contributed by atoms with van der Waals surface area (Å²) in [4.78, 5) is 0. The second-order valence-corrected chi connectivity index (χ2v) is 4.38. The fourth-order valence-corrected chi connectivity index (χ4v) is 2.08. The number of hydrogen-bond donors (Lipinski definition) is 2. The largest absolute Gasteiger partial charge is 0.508 e. The molecule has 18 heavy (non-hydrogen) atoms. The van der Waals surface area contributed by atoms with E-state index >= 15 is 0 Å². The van der Waals surface area contributed by atoms with Crippen LogP contribution in [0.4, 0.5) is 0 Å². The van der Waals surface area contributed by atoms with E-state index in [4.69, 9.17) is 0 Å². The van der Waals surface area contributed by atoms with Crippen LogP contribution in [0.3, 0.4) is 0 Å². The lowest BCUT2D eigenvalue weighted by Gasteiger charge is -2.17. The molecule has 0 unspecified atom stereocenters. The van der Waals surface area contributed by atoms with Crippen molar-refractivity contribution in [2.24, 2.45) is 0 Å². The van der Waals surface area contributed by atoms with Gasteiger partial charge in [-0.2, -0.15) is 0 Å². The first-order valence-corrected chi connectivity index (χ1v) is 6.36. The number of para-hydroxylation sites is 1. The Bertz CT molecular complexity index is 481. The summed E-state index contributed by atoms with van der Waals surface area (Å²) in [6, 6.07) is 18.2. The van der Waals surface area contributed by atoms with Crippen molar-refractivity contribution in [1.82, 2.24) is 5.32 Å². The average molecular weight is 241 g/mol. The summed E-state index contributed by atoms with van der Waals surface area (Å²) < 4.78 is 0. The maximum absolute atomic E-state index is 9.73. The van der Waals surface area contributed by atoms with Crippen LogP contribution in [0.1, 0.15) is 30.5 Å². The van der Waals surface area contributed by atoms with E-state index in [0.29, 0.717) is 18.3 Å². The van der Waals surface area contributed by atoms with Gasteiger partial charge in [-0.05, 0) is 18.1 Å². The molecule has 0 aliphatic heterocycles. The highest BCUT2D eigenvalue weighted by atomic mass is 16.3. The van der Waals surface area contributed by atoms with E-state index in [1.165, 1.54) is 5.56 Å². The van der Waals surface area contributed by atoms with Crippen molar-refractivity contribution in [1.29, 1.82) is 0 Å². The van der Waals surface area contributed by atoms with Crippen molar-refractivity contribution in [3.8, 4) is 5.75 Å². The third kappa shape index (κ3) is 3.11. The van der Waals surface area contributed by atoms with Crippen LogP contribution in [-0.4, -0.2) is 5.11 Å². The molecule has 2 nitrogen and oxygen atoms in total. The fraction of sp³-hybridized carbons (Fsp3) is 0.250. The lowest BCUT2D eigenvalue weighted by atomic mass is 10.0. The lowest BCUT2D eigenvalue weighted by Crippen LogP contribution is -2.20. The topological polar surface area (TPSA) is 32.3 Å². The minimum Gasteiger partial charge on any atom is -0.508 e. The Morgan fingerprint density at radius 2 is 1.67 bits per heavy atom. The quantitative estimate of drug-likeness (QED) is 0.837. The molecule has 0 spiro atoms. The first-order chi connectivity index (χ1) is 8.81. The molecule has 2 rings (SSSR count). The van der Waals surface area contributed by atoms with Gasteiger partial charge in [0.25, 0.3) is 0 Å². The molecular formula is C16H19NO. The first kappa shape index (κ1) is 12.7. The predicted octanol–water partition coefficient (Wildman–Crippen LogP) is 3.63. The summed E-state index contributed by atoms with van der Waals surface area (Å²) in [5.74, 6) is 0.355. The smallest absolute Gasteiger partial charge is 0.120 e. The van der Waals surface area contributed by atoms with E-state index in [2.05, 4.69) is 36.5 Å². The molecule has 2 N–H and O–H groups in total. The summed E-state index contributed by atoms with van der Waals surface area (Å²) in [6.45, 7) is 2.84. The van der Waals surface area contributed by atoms with Crippen molar-refractivity contribution in [2.75, 3.05) is 0 Å². The van der Waals surface area contributed by atoms with Gasteiger partial charge < -0.3 is 10.4 Å². The Balaban J connectivity index is 2.02. The summed E-state index contributed by atoms with van der Waals surface area (Å²) in [6.07, 6.45) is 1.03. The standard InChI is InChI=1S/C16H19NO/c1-2-15(13-8-4-3-5-9-13)17-12-14-10-6-7-11-16(14)18/h3-11,15,17-18H,2,12H2,1H3/t15-/m1/s1. The molecule has 2 heteroatoms. The first-order valence-electron chi connectivity index (χ1n) is 6.36. The summed E-state index contributed by atoms with van der Waals surface area (Å²) in [7, 11) is 0. The fourth-order valence-electron chi connectivity index (χ4n) is 2.08. The third-order valence-electron chi connectivity index (χ3n) is 3.14. The molecule has 94 valence electrons. The zero-order chi connectivity index (χ0) is 12.8. The van der Waals surface area contributed by atoms with Gasteiger partial charge >= 0.3 is 0 Å². The van der Waals surface area contributed by atoms with E-state index in [-0.39, 0.29) is 0 Å². The van der Waals surface area contributed by atoms with Gasteiger partial charge in [0.15, 0.2) is 0 Å². The van der Waals surface area contributed by atoms with Crippen molar-refractivity contribution in [3.05, 3.63) is 65.7 Å². The molecular weight excluding hydrogens is 222 g/mol. The second kappa shape index (κ2) is 6.22. The normalized spacial score (nSPS) is 12.3. The Labute approximate surface area is 108 Å². The number of rotatable bonds is 5. The van der Waals surface area contributed by atoms with Crippen LogP contribution < -0.4 is 5.32 Å². The molecule has 2 aromatic rings. The summed E-state index contributed by atoms with van der Waals surface area (Å²) in [5.41, 5.74) is 2.22. The van der Waals surface area contributed by atoms with E-state index in [1.807, 2.05) is 24.3 Å². The molecule has 2 aromatic carbocycles. The van der Waals surface area contributed by atoms with Gasteiger partial charge in [-0.1, -0.05) is 55.5 Å². The molecule has 0 radical (unpaired) electrons. The lowest BCUT2D eigenvalue weighted by molar-refractivity contribution is 0.455. The Hall–Kier alpha value is -1.80. The van der Waals surface area contributed by atoms with Gasteiger partial charge in [0.1, 0.15) is 5.75 Å². The van der Waals surface area contributed by atoms with Gasteiger partial charge in [-0.25, -0.2) is 0 Å². The van der Waals surface area contributed by atoms with Crippen LogP contribution in [0.25, 0.3) is 0 Å². The molecule has 0 heterocycles. The van der Waals surface area contributed by atoms with E-state index in [0.717, 1.165) is 12.0 Å². The van der Waals surface area contributed by atoms with E-state index < -0.39 is 0 Å². The minimum atomic E-state index is 0.325. The predicted molar refractivity (Wildman–Crippen MR) is 74.4 cm³/mol. The van der Waals surface area contributed by atoms with Crippen LogP contribution in [0.15, 0.2) is 54.6 Å². The van der Waals surface area contributed by atoms with Gasteiger partial charge in [0.2, 0.25) is 0 Å². The van der Waals surface area contributed by atoms with Crippen molar-refractivity contribution in [2.45, 2.75) is 25.9 Å². The third-order valence-corrected chi connectivity index (χ3v) is 3.14. The summed E-state index contributed by atoms with van der Waals surface area (Å²) >= 11 is 0. The van der Waals surface area contributed by atoms with Crippen molar-refractivity contribution in [3.63, 3.8) is 0 Å². The van der Waals surface area contributed by atoms with Gasteiger partial charge in [-0.3, -0.25) is 0 Å².